The van der Waals surface area contributed by atoms with Crippen LogP contribution in [0.3, 0.4) is 0 Å². The van der Waals surface area contributed by atoms with E-state index in [1.54, 1.807) is 0 Å². The maximum Gasteiger partial charge on any atom is 0.136 e. The molecule has 1 heterocycles. The first-order valence-electron chi connectivity index (χ1n) is 16.6. The summed E-state index contributed by atoms with van der Waals surface area (Å²) in [7, 11) is 0. The van der Waals surface area contributed by atoms with Gasteiger partial charge in [-0.1, -0.05) is 115 Å². The van der Waals surface area contributed by atoms with Crippen LogP contribution in [0, 0.1) is 0 Å². The first kappa shape index (κ1) is 28.6. The van der Waals surface area contributed by atoms with Crippen molar-refractivity contribution in [3.63, 3.8) is 0 Å². The molecule has 49 heavy (non-hydrogen) atoms. The minimum Gasteiger partial charge on any atom is -0.456 e. The second-order valence-corrected chi connectivity index (χ2v) is 12.2. The van der Waals surface area contributed by atoms with E-state index < -0.39 is 0 Å². The fourth-order valence-electron chi connectivity index (χ4n) is 6.98. The summed E-state index contributed by atoms with van der Waals surface area (Å²) in [4.78, 5) is 4.64. The number of nitrogens with zero attached hydrogens (tertiary/aromatic N) is 2. The van der Waals surface area contributed by atoms with Crippen molar-refractivity contribution in [2.75, 3.05) is 9.80 Å². The summed E-state index contributed by atoms with van der Waals surface area (Å²) in [6, 6.07) is 68.4. The predicted molar refractivity (Wildman–Crippen MR) is 204 cm³/mol. The first-order valence-corrected chi connectivity index (χ1v) is 16.6. The van der Waals surface area contributed by atoms with Gasteiger partial charge < -0.3 is 14.5 Å². The Balaban J connectivity index is 1.19. The Kier molecular flexibility index (Phi) is 7.14. The van der Waals surface area contributed by atoms with Crippen molar-refractivity contribution < 1.29 is 4.74 Å². The molecule has 0 radical (unpaired) electrons. The summed E-state index contributed by atoms with van der Waals surface area (Å²) in [5.74, 6) is 1.72. The van der Waals surface area contributed by atoms with Gasteiger partial charge in [0.2, 0.25) is 0 Å². The minimum atomic E-state index is 0.856. The molecule has 8 aromatic rings. The fraction of sp³-hybridized carbons (Fsp3) is 0. The number of hydrogen-bond donors (Lipinski definition) is 0. The van der Waals surface area contributed by atoms with Crippen molar-refractivity contribution in [3.8, 4) is 33.8 Å². The number of benzene rings is 8. The zero-order valence-corrected chi connectivity index (χ0v) is 26.8. The molecular formula is C46H32N2O. The summed E-state index contributed by atoms with van der Waals surface area (Å²) < 4.78 is 6.67. The number of ether oxygens (including phenoxy) is 1. The number of fused-ring (bicyclic) bond motifs is 2. The summed E-state index contributed by atoms with van der Waals surface area (Å²) in [5.41, 5.74) is 11.2. The Morgan fingerprint density at radius 2 is 0.837 bits per heavy atom. The highest BCUT2D eigenvalue weighted by atomic mass is 16.5. The SMILES string of the molecule is c1ccc(-c2ccc(N(c3ccccc3)c3ccc4c5c(cccc35)-c3cc(N(c5ccccc5)c5ccccc5)ccc3O4)cc2)cc1. The van der Waals surface area contributed by atoms with Gasteiger partial charge in [-0.05, 0) is 95.6 Å². The number of anilines is 6. The average molecular weight is 629 g/mol. The maximum atomic E-state index is 6.67. The monoisotopic (exact) mass is 628 g/mol. The van der Waals surface area contributed by atoms with Gasteiger partial charge in [0.15, 0.2) is 0 Å². The van der Waals surface area contributed by atoms with E-state index >= 15 is 0 Å². The molecule has 8 aromatic carbocycles. The van der Waals surface area contributed by atoms with Crippen LogP contribution in [0.2, 0.25) is 0 Å². The molecule has 0 fully saturated rings. The van der Waals surface area contributed by atoms with Gasteiger partial charge in [0, 0.05) is 44.8 Å². The van der Waals surface area contributed by atoms with Crippen LogP contribution in [-0.2, 0) is 0 Å². The molecule has 0 aromatic heterocycles. The Morgan fingerprint density at radius 3 is 1.47 bits per heavy atom. The maximum absolute atomic E-state index is 6.67. The lowest BCUT2D eigenvalue weighted by Crippen LogP contribution is -2.11. The standard InChI is InChI=1S/C46H32N2O/c1-5-14-33(15-6-1)34-24-26-38(27-25-34)48(37-20-11-4-12-21-37)43-29-31-45-46-40(22-13-23-41(43)46)42-32-39(28-30-44(42)49-45)47(35-16-7-2-8-17-35)36-18-9-3-10-19-36/h1-32H. The molecule has 3 nitrogen and oxygen atoms in total. The van der Waals surface area contributed by atoms with Crippen molar-refractivity contribution in [1.82, 2.24) is 0 Å². The number of rotatable bonds is 7. The van der Waals surface area contributed by atoms with E-state index in [1.165, 1.54) is 11.1 Å². The summed E-state index contributed by atoms with van der Waals surface area (Å²) >= 11 is 0. The van der Waals surface area contributed by atoms with Crippen LogP contribution in [0.4, 0.5) is 34.1 Å². The molecule has 1 aliphatic heterocycles. The lowest BCUT2D eigenvalue weighted by Gasteiger charge is -2.30. The molecule has 0 atom stereocenters. The van der Waals surface area contributed by atoms with Crippen molar-refractivity contribution in [3.05, 3.63) is 194 Å². The predicted octanol–water partition coefficient (Wildman–Crippen LogP) is 13.2. The Labute approximate surface area is 286 Å². The molecule has 0 saturated heterocycles. The van der Waals surface area contributed by atoms with Gasteiger partial charge in [0.25, 0.3) is 0 Å². The lowest BCUT2D eigenvalue weighted by molar-refractivity contribution is 0.487. The van der Waals surface area contributed by atoms with E-state index in [9.17, 15) is 0 Å². The van der Waals surface area contributed by atoms with Crippen LogP contribution in [0.1, 0.15) is 0 Å². The second kappa shape index (κ2) is 12.2. The van der Waals surface area contributed by atoms with Crippen molar-refractivity contribution in [1.29, 1.82) is 0 Å². The molecule has 1 aliphatic rings. The zero-order chi connectivity index (χ0) is 32.6. The molecule has 3 heteroatoms. The van der Waals surface area contributed by atoms with E-state index in [0.29, 0.717) is 0 Å². The molecule has 0 amide bonds. The third-order valence-electron chi connectivity index (χ3n) is 9.23. The molecule has 0 saturated carbocycles. The van der Waals surface area contributed by atoms with Crippen LogP contribution in [0.15, 0.2) is 194 Å². The van der Waals surface area contributed by atoms with E-state index in [4.69, 9.17) is 4.74 Å². The van der Waals surface area contributed by atoms with Crippen LogP contribution in [-0.4, -0.2) is 0 Å². The Morgan fingerprint density at radius 1 is 0.327 bits per heavy atom. The topological polar surface area (TPSA) is 15.7 Å². The Bertz CT molecular complexity index is 2350. The third-order valence-corrected chi connectivity index (χ3v) is 9.23. The van der Waals surface area contributed by atoms with E-state index in [1.807, 2.05) is 0 Å². The molecule has 0 spiro atoms. The average Bonchev–Trinajstić information content (AvgIpc) is 3.18. The molecule has 232 valence electrons. The largest absolute Gasteiger partial charge is 0.456 e. The van der Waals surface area contributed by atoms with Gasteiger partial charge >= 0.3 is 0 Å². The van der Waals surface area contributed by atoms with Gasteiger partial charge in [-0.3, -0.25) is 0 Å². The molecule has 0 unspecified atom stereocenters. The third kappa shape index (κ3) is 5.18. The summed E-state index contributed by atoms with van der Waals surface area (Å²) in [6.45, 7) is 0. The normalized spacial score (nSPS) is 11.4. The van der Waals surface area contributed by atoms with Crippen LogP contribution >= 0.6 is 0 Å². The minimum absolute atomic E-state index is 0.856. The van der Waals surface area contributed by atoms with Crippen LogP contribution < -0.4 is 14.5 Å². The van der Waals surface area contributed by atoms with E-state index in [2.05, 4.69) is 204 Å². The highest BCUT2D eigenvalue weighted by Crippen LogP contribution is 2.52. The van der Waals surface area contributed by atoms with Crippen molar-refractivity contribution in [2.24, 2.45) is 0 Å². The Hall–Kier alpha value is -6.58. The zero-order valence-electron chi connectivity index (χ0n) is 26.8. The summed E-state index contributed by atoms with van der Waals surface area (Å²) in [6.07, 6.45) is 0. The van der Waals surface area contributed by atoms with Crippen molar-refractivity contribution in [2.45, 2.75) is 0 Å². The van der Waals surface area contributed by atoms with Gasteiger partial charge in [-0.15, -0.1) is 0 Å². The lowest BCUT2D eigenvalue weighted by atomic mass is 9.93. The van der Waals surface area contributed by atoms with E-state index in [-0.39, 0.29) is 0 Å². The number of para-hydroxylation sites is 3. The van der Waals surface area contributed by atoms with E-state index in [0.717, 1.165) is 67.5 Å². The first-order chi connectivity index (χ1) is 24.3. The van der Waals surface area contributed by atoms with Crippen LogP contribution in [0.5, 0.6) is 11.5 Å². The van der Waals surface area contributed by atoms with Gasteiger partial charge in [0.05, 0.1) is 5.69 Å². The highest BCUT2D eigenvalue weighted by Gasteiger charge is 2.25. The number of hydrogen-bond acceptors (Lipinski definition) is 3. The highest BCUT2D eigenvalue weighted by molar-refractivity contribution is 6.11. The quantitative estimate of drug-likeness (QED) is 0.175. The second-order valence-electron chi connectivity index (χ2n) is 12.2. The van der Waals surface area contributed by atoms with Gasteiger partial charge in [-0.2, -0.15) is 0 Å². The summed E-state index contributed by atoms with van der Waals surface area (Å²) in [5, 5.41) is 2.24. The molecule has 0 bridgehead atoms. The van der Waals surface area contributed by atoms with Gasteiger partial charge in [-0.25, -0.2) is 0 Å². The molecular weight excluding hydrogens is 597 g/mol. The molecule has 0 N–H and O–H groups in total. The van der Waals surface area contributed by atoms with Gasteiger partial charge in [0.1, 0.15) is 11.5 Å². The fourth-order valence-corrected chi connectivity index (χ4v) is 6.98. The smallest absolute Gasteiger partial charge is 0.136 e. The molecule has 9 rings (SSSR count). The van der Waals surface area contributed by atoms with Crippen LogP contribution in [0.25, 0.3) is 33.0 Å². The molecule has 0 aliphatic carbocycles. The van der Waals surface area contributed by atoms with Crippen molar-refractivity contribution >= 4 is 44.9 Å².